The van der Waals surface area contributed by atoms with Gasteiger partial charge in [0, 0.05) is 13.1 Å². The quantitative estimate of drug-likeness (QED) is 0.765. The summed E-state index contributed by atoms with van der Waals surface area (Å²) in [6.07, 6.45) is 1.48. The number of thiazole rings is 1. The van der Waals surface area contributed by atoms with Gasteiger partial charge in [-0.2, -0.15) is 0 Å². The molecule has 0 aliphatic carbocycles. The molecule has 0 bridgehead atoms. The first kappa shape index (κ1) is 15.4. The second kappa shape index (κ2) is 7.68. The van der Waals surface area contributed by atoms with Crippen LogP contribution in [0.5, 0.6) is 0 Å². The van der Waals surface area contributed by atoms with Crippen molar-refractivity contribution in [2.24, 2.45) is 0 Å². The Morgan fingerprint density at radius 1 is 1.61 bits per heavy atom. The third kappa shape index (κ3) is 4.53. The fourth-order valence-electron chi connectivity index (χ4n) is 1.59. The van der Waals surface area contributed by atoms with Crippen molar-refractivity contribution in [3.63, 3.8) is 0 Å². The topological polar surface area (TPSA) is 65.5 Å². The van der Waals surface area contributed by atoms with Gasteiger partial charge in [0.2, 0.25) is 0 Å². The van der Waals surface area contributed by atoms with Crippen molar-refractivity contribution >= 4 is 28.9 Å². The van der Waals surface area contributed by atoms with Crippen LogP contribution in [0.1, 0.15) is 24.9 Å². The summed E-state index contributed by atoms with van der Waals surface area (Å²) in [6, 6.07) is -0.780. The van der Waals surface area contributed by atoms with E-state index in [2.05, 4.69) is 29.0 Å². The van der Waals surface area contributed by atoms with Gasteiger partial charge in [0.15, 0.2) is 6.04 Å². The molecule has 1 heterocycles. The van der Waals surface area contributed by atoms with Gasteiger partial charge in [-0.15, -0.1) is 11.3 Å². The van der Waals surface area contributed by atoms with E-state index in [1.54, 1.807) is 0 Å². The van der Waals surface area contributed by atoms with Gasteiger partial charge in [-0.25, -0.2) is 4.98 Å². The Hall–Kier alpha value is -0.690. The third-order valence-electron chi connectivity index (χ3n) is 2.66. The Labute approximate surface area is 116 Å². The Morgan fingerprint density at radius 3 is 2.72 bits per heavy atom. The zero-order valence-electron chi connectivity index (χ0n) is 10.5. The van der Waals surface area contributed by atoms with Gasteiger partial charge in [0.1, 0.15) is 9.34 Å². The molecule has 0 saturated carbocycles. The summed E-state index contributed by atoms with van der Waals surface area (Å²) in [6.45, 7) is 7.50. The molecule has 1 unspecified atom stereocenters. The molecule has 0 aliphatic rings. The molecule has 0 amide bonds. The second-order valence-electron chi connectivity index (χ2n) is 3.75. The zero-order valence-corrected chi connectivity index (χ0v) is 12.1. The molecule has 1 atom stereocenters. The number of halogens is 1. The van der Waals surface area contributed by atoms with Gasteiger partial charge in [-0.1, -0.05) is 25.4 Å². The maximum atomic E-state index is 11.2. The normalized spacial score (nSPS) is 12.9. The van der Waals surface area contributed by atoms with Gasteiger partial charge in [-0.05, 0) is 13.1 Å². The third-order valence-corrected chi connectivity index (χ3v) is 3.84. The van der Waals surface area contributed by atoms with Crippen LogP contribution in [0, 0.1) is 0 Å². The SMILES string of the molecule is CCN(CC)CCNC(C(=O)O)c1ncc(Cl)s1. The predicted octanol–water partition coefficient (Wildman–Crippen LogP) is 1.85. The number of rotatable bonds is 8. The summed E-state index contributed by atoms with van der Waals surface area (Å²) in [5, 5.41) is 12.7. The molecular weight excluding hydrogens is 274 g/mol. The largest absolute Gasteiger partial charge is 0.480 e. The van der Waals surface area contributed by atoms with E-state index in [0.29, 0.717) is 15.9 Å². The van der Waals surface area contributed by atoms with E-state index in [4.69, 9.17) is 16.7 Å². The van der Waals surface area contributed by atoms with Crippen molar-refractivity contribution in [2.45, 2.75) is 19.9 Å². The van der Waals surface area contributed by atoms with Crippen LogP contribution >= 0.6 is 22.9 Å². The van der Waals surface area contributed by atoms with Gasteiger partial charge >= 0.3 is 5.97 Å². The maximum Gasteiger partial charge on any atom is 0.327 e. The lowest BCUT2D eigenvalue weighted by atomic mass is 10.3. The van der Waals surface area contributed by atoms with Crippen molar-refractivity contribution in [1.29, 1.82) is 0 Å². The van der Waals surface area contributed by atoms with Crippen LogP contribution in [0.15, 0.2) is 6.20 Å². The molecule has 0 saturated heterocycles. The molecule has 5 nitrogen and oxygen atoms in total. The van der Waals surface area contributed by atoms with Crippen molar-refractivity contribution in [1.82, 2.24) is 15.2 Å². The fraction of sp³-hybridized carbons (Fsp3) is 0.636. The predicted molar refractivity (Wildman–Crippen MR) is 73.3 cm³/mol. The summed E-state index contributed by atoms with van der Waals surface area (Å²) < 4.78 is 0.502. The average Bonchev–Trinajstić information content (AvgIpc) is 2.75. The number of hydrogen-bond donors (Lipinski definition) is 2. The molecule has 2 N–H and O–H groups in total. The summed E-state index contributed by atoms with van der Waals surface area (Å²) >= 11 is 6.96. The van der Waals surface area contributed by atoms with Crippen LogP contribution in [-0.4, -0.2) is 47.1 Å². The minimum Gasteiger partial charge on any atom is -0.480 e. The number of aromatic nitrogens is 1. The molecule has 0 spiro atoms. The number of carboxylic acid groups (broad SMARTS) is 1. The first-order valence-electron chi connectivity index (χ1n) is 5.88. The summed E-state index contributed by atoms with van der Waals surface area (Å²) in [5.74, 6) is -0.930. The first-order chi connectivity index (χ1) is 8.58. The second-order valence-corrected chi connectivity index (χ2v) is 5.45. The molecule has 0 fully saturated rings. The first-order valence-corrected chi connectivity index (χ1v) is 7.07. The van der Waals surface area contributed by atoms with E-state index >= 15 is 0 Å². The minimum absolute atomic E-state index is 0.493. The molecule has 7 heteroatoms. The van der Waals surface area contributed by atoms with E-state index in [1.165, 1.54) is 17.5 Å². The van der Waals surface area contributed by atoms with Crippen LogP contribution in [0.2, 0.25) is 4.34 Å². The lowest BCUT2D eigenvalue weighted by Crippen LogP contribution is -2.36. The number of hydrogen-bond acceptors (Lipinski definition) is 5. The monoisotopic (exact) mass is 291 g/mol. The van der Waals surface area contributed by atoms with Crippen LogP contribution in [0.3, 0.4) is 0 Å². The molecule has 0 aromatic carbocycles. The number of aliphatic carboxylic acids is 1. The number of carboxylic acids is 1. The van der Waals surface area contributed by atoms with Crippen molar-refractivity contribution in [2.75, 3.05) is 26.2 Å². The lowest BCUT2D eigenvalue weighted by molar-refractivity contribution is -0.139. The van der Waals surface area contributed by atoms with E-state index in [9.17, 15) is 4.79 Å². The van der Waals surface area contributed by atoms with Crippen LogP contribution in [0.25, 0.3) is 0 Å². The van der Waals surface area contributed by atoms with Gasteiger partial charge in [0.25, 0.3) is 0 Å². The standard InChI is InChI=1S/C11H18ClN3O2S/c1-3-15(4-2)6-5-13-9(11(16)17)10-14-7-8(12)18-10/h7,9,13H,3-6H2,1-2H3,(H,16,17). The highest BCUT2D eigenvalue weighted by Gasteiger charge is 2.22. The molecule has 102 valence electrons. The minimum atomic E-state index is -0.930. The highest BCUT2D eigenvalue weighted by atomic mass is 35.5. The summed E-state index contributed by atoms with van der Waals surface area (Å²) in [5.41, 5.74) is 0. The molecule has 1 aromatic heterocycles. The smallest absolute Gasteiger partial charge is 0.327 e. The van der Waals surface area contributed by atoms with Gasteiger partial charge < -0.3 is 10.0 Å². The Balaban J connectivity index is 2.52. The number of nitrogens with one attached hydrogen (secondary N) is 1. The van der Waals surface area contributed by atoms with Crippen molar-refractivity contribution in [3.05, 3.63) is 15.5 Å². The van der Waals surface area contributed by atoms with E-state index in [0.717, 1.165) is 19.6 Å². The van der Waals surface area contributed by atoms with Gasteiger partial charge in [-0.3, -0.25) is 10.1 Å². The molecule has 1 aromatic rings. The number of nitrogens with zero attached hydrogens (tertiary/aromatic N) is 2. The molecule has 0 radical (unpaired) electrons. The van der Waals surface area contributed by atoms with Crippen molar-refractivity contribution in [3.8, 4) is 0 Å². The van der Waals surface area contributed by atoms with Crippen LogP contribution in [-0.2, 0) is 4.79 Å². The van der Waals surface area contributed by atoms with Crippen LogP contribution < -0.4 is 5.32 Å². The summed E-state index contributed by atoms with van der Waals surface area (Å²) in [7, 11) is 0. The Morgan fingerprint density at radius 2 is 2.28 bits per heavy atom. The zero-order chi connectivity index (χ0) is 13.5. The maximum absolute atomic E-state index is 11.2. The fourth-order valence-corrected chi connectivity index (χ4v) is 2.59. The Kier molecular flexibility index (Phi) is 6.56. The molecule has 0 aliphatic heterocycles. The molecule has 1 rings (SSSR count). The van der Waals surface area contributed by atoms with Crippen LogP contribution in [0.4, 0.5) is 0 Å². The van der Waals surface area contributed by atoms with E-state index in [1.807, 2.05) is 0 Å². The molecular formula is C11H18ClN3O2S. The lowest BCUT2D eigenvalue weighted by Gasteiger charge is -2.19. The van der Waals surface area contributed by atoms with Crippen molar-refractivity contribution < 1.29 is 9.90 Å². The molecule has 18 heavy (non-hydrogen) atoms. The number of likely N-dealkylation sites (N-methyl/N-ethyl adjacent to an activating group) is 1. The Bertz CT molecular complexity index is 382. The highest BCUT2D eigenvalue weighted by molar-refractivity contribution is 7.16. The van der Waals surface area contributed by atoms with E-state index < -0.39 is 12.0 Å². The van der Waals surface area contributed by atoms with Gasteiger partial charge in [0.05, 0.1) is 6.20 Å². The average molecular weight is 292 g/mol. The number of carbonyl (C=O) groups is 1. The van der Waals surface area contributed by atoms with E-state index in [-0.39, 0.29) is 0 Å². The highest BCUT2D eigenvalue weighted by Crippen LogP contribution is 2.23. The summed E-state index contributed by atoms with van der Waals surface area (Å²) in [4.78, 5) is 17.4.